The first-order valence-electron chi connectivity index (χ1n) is 8.53. The van der Waals surface area contributed by atoms with E-state index in [1.165, 1.54) is 11.0 Å². The summed E-state index contributed by atoms with van der Waals surface area (Å²) in [5.74, 6) is -0.523. The molecule has 1 aliphatic rings. The minimum absolute atomic E-state index is 0.0848. The number of piperidine rings is 1. The third kappa shape index (κ3) is 5.47. The zero-order valence-corrected chi connectivity index (χ0v) is 14.2. The van der Waals surface area contributed by atoms with Gasteiger partial charge in [-0.1, -0.05) is 25.5 Å². The zero-order chi connectivity index (χ0) is 18.4. The van der Waals surface area contributed by atoms with Crippen molar-refractivity contribution in [1.29, 1.82) is 0 Å². The molecule has 4 nitrogen and oxygen atoms in total. The first-order valence-corrected chi connectivity index (χ1v) is 8.53. The van der Waals surface area contributed by atoms with E-state index in [2.05, 4.69) is 5.32 Å². The standard InChI is InChI=1S/C18H23F3N2O2/c1-2-3-9-22-17(25)14-7-8-16(24)23(12-14)11-13-5-4-6-15(10-13)18(19,20)21/h4-6,10,14H,2-3,7-9,11-12H2,1H3,(H,22,25). The number of rotatable bonds is 6. The molecule has 1 unspecified atom stereocenters. The van der Waals surface area contributed by atoms with E-state index in [1.54, 1.807) is 6.07 Å². The van der Waals surface area contributed by atoms with Crippen LogP contribution in [0.2, 0.25) is 0 Å². The second-order valence-corrected chi connectivity index (χ2v) is 6.35. The molecule has 2 amide bonds. The predicted octanol–water partition coefficient (Wildman–Crippen LogP) is 3.36. The molecule has 1 N–H and O–H groups in total. The Labute approximate surface area is 145 Å². The van der Waals surface area contributed by atoms with Gasteiger partial charge in [0.25, 0.3) is 0 Å². The molecule has 1 aromatic carbocycles. The molecule has 0 aliphatic carbocycles. The normalized spacial score (nSPS) is 18.3. The van der Waals surface area contributed by atoms with Crippen molar-refractivity contribution < 1.29 is 22.8 Å². The first-order chi connectivity index (χ1) is 11.8. The lowest BCUT2D eigenvalue weighted by atomic mass is 9.96. The van der Waals surface area contributed by atoms with Gasteiger partial charge in [-0.3, -0.25) is 9.59 Å². The van der Waals surface area contributed by atoms with Crippen LogP contribution in [0.4, 0.5) is 13.2 Å². The van der Waals surface area contributed by atoms with Crippen LogP contribution in [0.5, 0.6) is 0 Å². The molecule has 138 valence electrons. The zero-order valence-electron chi connectivity index (χ0n) is 14.2. The van der Waals surface area contributed by atoms with Crippen molar-refractivity contribution in [2.24, 2.45) is 5.92 Å². The Morgan fingerprint density at radius 2 is 2.12 bits per heavy atom. The van der Waals surface area contributed by atoms with Gasteiger partial charge in [0, 0.05) is 26.1 Å². The number of likely N-dealkylation sites (tertiary alicyclic amines) is 1. The van der Waals surface area contributed by atoms with E-state index in [0.29, 0.717) is 18.5 Å². The number of nitrogens with one attached hydrogen (secondary N) is 1. The fourth-order valence-electron chi connectivity index (χ4n) is 2.88. The average Bonchev–Trinajstić information content (AvgIpc) is 2.56. The fraction of sp³-hybridized carbons (Fsp3) is 0.556. The number of unbranched alkanes of at least 4 members (excludes halogenated alkanes) is 1. The summed E-state index contributed by atoms with van der Waals surface area (Å²) in [6, 6.07) is 4.96. The molecule has 1 atom stereocenters. The number of halogens is 3. The van der Waals surface area contributed by atoms with Gasteiger partial charge in [-0.05, 0) is 30.5 Å². The summed E-state index contributed by atoms with van der Waals surface area (Å²) in [6.07, 6.45) is -1.82. The summed E-state index contributed by atoms with van der Waals surface area (Å²) in [5, 5.41) is 2.86. The molecular weight excluding hydrogens is 333 g/mol. The molecule has 1 fully saturated rings. The van der Waals surface area contributed by atoms with E-state index in [9.17, 15) is 22.8 Å². The van der Waals surface area contributed by atoms with E-state index >= 15 is 0 Å². The average molecular weight is 356 g/mol. The number of nitrogens with zero attached hydrogens (tertiary/aromatic N) is 1. The van der Waals surface area contributed by atoms with Gasteiger partial charge in [-0.2, -0.15) is 13.2 Å². The molecule has 0 aromatic heterocycles. The van der Waals surface area contributed by atoms with Gasteiger partial charge >= 0.3 is 6.18 Å². The number of carbonyl (C=O) groups is 2. The van der Waals surface area contributed by atoms with Crippen LogP contribution in [-0.4, -0.2) is 29.8 Å². The van der Waals surface area contributed by atoms with E-state index < -0.39 is 11.7 Å². The van der Waals surface area contributed by atoms with Crippen molar-refractivity contribution >= 4 is 11.8 Å². The van der Waals surface area contributed by atoms with Crippen LogP contribution in [0, 0.1) is 5.92 Å². The molecule has 0 radical (unpaired) electrons. The highest BCUT2D eigenvalue weighted by Gasteiger charge is 2.32. The molecule has 0 bridgehead atoms. The molecular formula is C18H23F3N2O2. The van der Waals surface area contributed by atoms with Crippen LogP contribution in [0.1, 0.15) is 43.7 Å². The van der Waals surface area contributed by atoms with Crippen molar-refractivity contribution in [1.82, 2.24) is 10.2 Å². The highest BCUT2D eigenvalue weighted by molar-refractivity contribution is 5.83. The lowest BCUT2D eigenvalue weighted by Gasteiger charge is -2.32. The van der Waals surface area contributed by atoms with Gasteiger partial charge in [-0.25, -0.2) is 0 Å². The van der Waals surface area contributed by atoms with Crippen molar-refractivity contribution in [3.8, 4) is 0 Å². The Hall–Kier alpha value is -2.05. The van der Waals surface area contributed by atoms with E-state index in [4.69, 9.17) is 0 Å². The molecule has 2 rings (SSSR count). The van der Waals surface area contributed by atoms with Gasteiger partial charge in [0.05, 0.1) is 11.5 Å². The molecule has 7 heteroatoms. The number of amides is 2. The predicted molar refractivity (Wildman–Crippen MR) is 87.5 cm³/mol. The minimum atomic E-state index is -4.41. The highest BCUT2D eigenvalue weighted by Crippen LogP contribution is 2.30. The molecule has 1 saturated heterocycles. The summed E-state index contributed by atoms with van der Waals surface area (Å²) in [4.78, 5) is 25.7. The number of alkyl halides is 3. The third-order valence-corrected chi connectivity index (χ3v) is 4.33. The van der Waals surface area contributed by atoms with Crippen molar-refractivity contribution in [2.75, 3.05) is 13.1 Å². The van der Waals surface area contributed by atoms with Gasteiger partial charge in [0.1, 0.15) is 0 Å². The summed E-state index contributed by atoms with van der Waals surface area (Å²) in [5.41, 5.74) is -0.321. The van der Waals surface area contributed by atoms with Crippen molar-refractivity contribution in [3.05, 3.63) is 35.4 Å². The maximum Gasteiger partial charge on any atom is 0.416 e. The third-order valence-electron chi connectivity index (χ3n) is 4.33. The molecule has 1 aromatic rings. The maximum absolute atomic E-state index is 12.8. The van der Waals surface area contributed by atoms with Crippen LogP contribution < -0.4 is 5.32 Å². The van der Waals surface area contributed by atoms with E-state index in [-0.39, 0.29) is 37.2 Å². The minimum Gasteiger partial charge on any atom is -0.356 e. The number of benzene rings is 1. The van der Waals surface area contributed by atoms with Crippen LogP contribution in [0.25, 0.3) is 0 Å². The number of hydrogen-bond donors (Lipinski definition) is 1. The summed E-state index contributed by atoms with van der Waals surface area (Å²) >= 11 is 0. The second-order valence-electron chi connectivity index (χ2n) is 6.35. The Morgan fingerprint density at radius 3 is 2.80 bits per heavy atom. The SMILES string of the molecule is CCCCNC(=O)C1CCC(=O)N(Cc2cccc(C(F)(F)F)c2)C1. The largest absolute Gasteiger partial charge is 0.416 e. The summed E-state index contributed by atoms with van der Waals surface area (Å²) in [7, 11) is 0. The molecule has 0 spiro atoms. The molecule has 25 heavy (non-hydrogen) atoms. The summed E-state index contributed by atoms with van der Waals surface area (Å²) < 4.78 is 38.4. The number of hydrogen-bond acceptors (Lipinski definition) is 2. The van der Waals surface area contributed by atoms with Crippen LogP contribution in [-0.2, 0) is 22.3 Å². The van der Waals surface area contributed by atoms with Crippen LogP contribution >= 0.6 is 0 Å². The maximum atomic E-state index is 12.8. The smallest absolute Gasteiger partial charge is 0.356 e. The monoisotopic (exact) mass is 356 g/mol. The lowest BCUT2D eigenvalue weighted by molar-refractivity contribution is -0.139. The van der Waals surface area contributed by atoms with Gasteiger partial charge < -0.3 is 10.2 Å². The molecule has 1 heterocycles. The second kappa shape index (κ2) is 8.36. The molecule has 1 aliphatic heterocycles. The quantitative estimate of drug-likeness (QED) is 0.795. The van der Waals surface area contributed by atoms with Gasteiger partial charge in [-0.15, -0.1) is 0 Å². The fourth-order valence-corrected chi connectivity index (χ4v) is 2.88. The van der Waals surface area contributed by atoms with Crippen molar-refractivity contribution in [2.45, 2.75) is 45.3 Å². The highest BCUT2D eigenvalue weighted by atomic mass is 19.4. The Bertz CT molecular complexity index is 617. The Balaban J connectivity index is 2.00. The van der Waals surface area contributed by atoms with Gasteiger partial charge in [0.2, 0.25) is 11.8 Å². The first kappa shape index (κ1) is 19.3. The van der Waals surface area contributed by atoms with Crippen molar-refractivity contribution in [3.63, 3.8) is 0 Å². The summed E-state index contributed by atoms with van der Waals surface area (Å²) in [6.45, 7) is 2.96. The Kier molecular flexibility index (Phi) is 6.45. The molecule has 0 saturated carbocycles. The lowest BCUT2D eigenvalue weighted by Crippen LogP contribution is -2.45. The Morgan fingerprint density at radius 1 is 1.36 bits per heavy atom. The number of carbonyl (C=O) groups excluding carboxylic acids is 2. The van der Waals surface area contributed by atoms with E-state index in [1.807, 2.05) is 6.92 Å². The van der Waals surface area contributed by atoms with Gasteiger partial charge in [0.15, 0.2) is 0 Å². The van der Waals surface area contributed by atoms with Crippen LogP contribution in [0.15, 0.2) is 24.3 Å². The van der Waals surface area contributed by atoms with Crippen LogP contribution in [0.3, 0.4) is 0 Å². The van der Waals surface area contributed by atoms with E-state index in [0.717, 1.165) is 25.0 Å². The topological polar surface area (TPSA) is 49.4 Å².